The number of benzene rings is 1. The number of hydrogen-bond acceptors (Lipinski definition) is 2. The van der Waals surface area contributed by atoms with Gasteiger partial charge >= 0.3 is 0 Å². The molecule has 3 rings (SSSR count). The zero-order chi connectivity index (χ0) is 17.5. The van der Waals surface area contributed by atoms with Crippen molar-refractivity contribution in [3.05, 3.63) is 34.9 Å². The minimum Gasteiger partial charge on any atom is -0.507 e. The molecule has 2 atom stereocenters. The van der Waals surface area contributed by atoms with Gasteiger partial charge in [-0.2, -0.15) is 0 Å². The van der Waals surface area contributed by atoms with E-state index in [0.29, 0.717) is 5.75 Å². The van der Waals surface area contributed by atoms with Crippen LogP contribution in [0, 0.1) is 5.41 Å². The second-order valence-electron chi connectivity index (χ2n) is 8.50. The van der Waals surface area contributed by atoms with Crippen LogP contribution in [-0.2, 0) is 6.42 Å². The maximum absolute atomic E-state index is 10.8. The number of hydrogen-bond donors (Lipinski definition) is 1. The number of ether oxygens (including phenoxy) is 1. The van der Waals surface area contributed by atoms with Gasteiger partial charge in [0.25, 0.3) is 0 Å². The summed E-state index contributed by atoms with van der Waals surface area (Å²) in [5.41, 5.74) is 3.38. The third-order valence-electron chi connectivity index (χ3n) is 6.48. The number of aryl methyl sites for hydroxylation is 1. The van der Waals surface area contributed by atoms with Crippen molar-refractivity contribution < 1.29 is 9.84 Å². The van der Waals surface area contributed by atoms with Crippen molar-refractivity contribution in [2.45, 2.75) is 84.7 Å². The molecule has 1 aromatic rings. The Balaban J connectivity index is 2.05. The first kappa shape index (κ1) is 17.4. The third-order valence-corrected chi connectivity index (χ3v) is 6.48. The minimum absolute atomic E-state index is 0.0146. The van der Waals surface area contributed by atoms with Gasteiger partial charge in [-0.3, -0.25) is 0 Å². The van der Waals surface area contributed by atoms with Crippen molar-refractivity contribution in [2.24, 2.45) is 5.41 Å². The van der Waals surface area contributed by atoms with Crippen LogP contribution in [0.15, 0.2) is 23.8 Å². The highest BCUT2D eigenvalue weighted by Gasteiger charge is 2.54. The summed E-state index contributed by atoms with van der Waals surface area (Å²) in [7, 11) is 0. The molecule has 132 valence electrons. The van der Waals surface area contributed by atoms with Gasteiger partial charge in [-0.25, -0.2) is 0 Å². The lowest BCUT2D eigenvalue weighted by molar-refractivity contribution is -0.0577. The Morgan fingerprint density at radius 2 is 1.96 bits per heavy atom. The Hall–Kier alpha value is -1.44. The van der Waals surface area contributed by atoms with Crippen LogP contribution in [0.1, 0.15) is 83.8 Å². The van der Waals surface area contributed by atoms with Crippen LogP contribution in [-0.4, -0.2) is 10.7 Å². The van der Waals surface area contributed by atoms with Gasteiger partial charge in [0, 0.05) is 16.9 Å². The molecule has 0 aromatic heterocycles. The molecule has 0 radical (unpaired) electrons. The average Bonchev–Trinajstić information content (AvgIpc) is 2.49. The lowest BCUT2D eigenvalue weighted by Gasteiger charge is -2.54. The van der Waals surface area contributed by atoms with Crippen LogP contribution in [0.25, 0.3) is 0 Å². The highest BCUT2D eigenvalue weighted by molar-refractivity contribution is 5.55. The number of allylic oxidation sites excluding steroid dienone is 2. The molecule has 0 saturated heterocycles. The smallest absolute Gasteiger partial charge is 0.127 e. The first-order valence-corrected chi connectivity index (χ1v) is 9.50. The summed E-state index contributed by atoms with van der Waals surface area (Å²) in [5, 5.41) is 10.8. The molecule has 1 aliphatic heterocycles. The molecule has 24 heavy (non-hydrogen) atoms. The minimum atomic E-state index is -0.240. The lowest BCUT2D eigenvalue weighted by Crippen LogP contribution is -2.53. The van der Waals surface area contributed by atoms with E-state index in [0.717, 1.165) is 37.0 Å². The largest absolute Gasteiger partial charge is 0.507 e. The molecule has 2 heteroatoms. The van der Waals surface area contributed by atoms with Crippen LogP contribution in [0.5, 0.6) is 11.5 Å². The Kier molecular flexibility index (Phi) is 4.44. The number of phenols is 1. The maximum atomic E-state index is 10.8. The van der Waals surface area contributed by atoms with Crippen molar-refractivity contribution in [3.63, 3.8) is 0 Å². The normalized spacial score (nSPS) is 27.7. The summed E-state index contributed by atoms with van der Waals surface area (Å²) in [5.74, 6) is 1.53. The van der Waals surface area contributed by atoms with Crippen molar-refractivity contribution >= 4 is 0 Å². The van der Waals surface area contributed by atoms with E-state index in [9.17, 15) is 5.11 Å². The van der Waals surface area contributed by atoms with Crippen LogP contribution in [0.4, 0.5) is 0 Å². The van der Waals surface area contributed by atoms with Crippen LogP contribution >= 0.6 is 0 Å². The molecule has 2 aliphatic rings. The quantitative estimate of drug-likeness (QED) is 0.532. The summed E-state index contributed by atoms with van der Waals surface area (Å²) in [6.07, 6.45) is 9.20. The molecule has 0 spiro atoms. The predicted octanol–water partition coefficient (Wildman–Crippen LogP) is 6.13. The van der Waals surface area contributed by atoms with Gasteiger partial charge in [-0.1, -0.05) is 38.3 Å². The van der Waals surface area contributed by atoms with Gasteiger partial charge in [-0.05, 0) is 64.2 Å². The fourth-order valence-electron chi connectivity index (χ4n) is 4.42. The van der Waals surface area contributed by atoms with Gasteiger partial charge in [0.2, 0.25) is 0 Å². The van der Waals surface area contributed by atoms with E-state index in [1.807, 2.05) is 6.07 Å². The molecule has 1 aliphatic carbocycles. The summed E-state index contributed by atoms with van der Waals surface area (Å²) < 4.78 is 6.47. The Morgan fingerprint density at radius 1 is 1.21 bits per heavy atom. The van der Waals surface area contributed by atoms with Crippen molar-refractivity contribution in [1.29, 1.82) is 0 Å². The number of aromatic hydroxyl groups is 1. The Morgan fingerprint density at radius 3 is 2.67 bits per heavy atom. The first-order chi connectivity index (χ1) is 11.3. The van der Waals surface area contributed by atoms with Crippen molar-refractivity contribution in [2.75, 3.05) is 0 Å². The first-order valence-electron chi connectivity index (χ1n) is 9.50. The Labute approximate surface area is 146 Å². The molecule has 1 heterocycles. The Bertz CT molecular complexity index is 656. The van der Waals surface area contributed by atoms with Gasteiger partial charge in [-0.15, -0.1) is 0 Å². The number of rotatable bonds is 4. The van der Waals surface area contributed by atoms with E-state index in [1.165, 1.54) is 24.0 Å². The van der Waals surface area contributed by atoms with Crippen LogP contribution < -0.4 is 4.74 Å². The molecule has 0 saturated carbocycles. The molecule has 0 fully saturated rings. The molecule has 2 nitrogen and oxygen atoms in total. The molecule has 0 bridgehead atoms. The molecular formula is C22H32O2. The van der Waals surface area contributed by atoms with Crippen molar-refractivity contribution in [1.82, 2.24) is 0 Å². The number of phenolic OH excluding ortho intramolecular Hbond substituents is 1. The zero-order valence-corrected chi connectivity index (χ0v) is 15.9. The number of unbranched alkanes of at least 4 members (excludes halogenated alkanes) is 2. The maximum Gasteiger partial charge on any atom is 0.127 e. The third kappa shape index (κ3) is 2.74. The van der Waals surface area contributed by atoms with Gasteiger partial charge in [0.05, 0.1) is 0 Å². The highest BCUT2D eigenvalue weighted by Crippen LogP contribution is 2.60. The van der Waals surface area contributed by atoms with E-state index >= 15 is 0 Å². The lowest BCUT2D eigenvalue weighted by atomic mass is 9.57. The molecule has 1 unspecified atom stereocenters. The molecule has 1 aromatic carbocycles. The SMILES string of the molecule is CCCCCc1cc(O)c2c(c1)OC(C)(C)[C@]1(C)CCC(C)=CC21. The van der Waals surface area contributed by atoms with Gasteiger partial charge in [0.15, 0.2) is 0 Å². The van der Waals surface area contributed by atoms with E-state index in [4.69, 9.17) is 4.74 Å². The van der Waals surface area contributed by atoms with Gasteiger partial charge in [0.1, 0.15) is 17.1 Å². The molecule has 1 N–H and O–H groups in total. The number of fused-ring (bicyclic) bond motifs is 3. The van der Waals surface area contributed by atoms with Crippen LogP contribution in [0.3, 0.4) is 0 Å². The fourth-order valence-corrected chi connectivity index (χ4v) is 4.42. The second kappa shape index (κ2) is 6.13. The van der Waals surface area contributed by atoms with Crippen molar-refractivity contribution in [3.8, 4) is 11.5 Å². The predicted molar refractivity (Wildman–Crippen MR) is 99.9 cm³/mol. The second-order valence-corrected chi connectivity index (χ2v) is 8.50. The van der Waals surface area contributed by atoms with E-state index in [-0.39, 0.29) is 16.9 Å². The zero-order valence-electron chi connectivity index (χ0n) is 15.9. The van der Waals surface area contributed by atoms with E-state index in [2.05, 4.69) is 46.8 Å². The summed E-state index contributed by atoms with van der Waals surface area (Å²) >= 11 is 0. The molecule has 0 amide bonds. The average molecular weight is 328 g/mol. The van der Waals surface area contributed by atoms with E-state index in [1.54, 1.807) is 0 Å². The molecular weight excluding hydrogens is 296 g/mol. The summed E-state index contributed by atoms with van der Waals surface area (Å²) in [6, 6.07) is 4.14. The highest BCUT2D eigenvalue weighted by atomic mass is 16.5. The topological polar surface area (TPSA) is 29.5 Å². The van der Waals surface area contributed by atoms with Crippen LogP contribution in [0.2, 0.25) is 0 Å². The summed E-state index contributed by atoms with van der Waals surface area (Å²) in [4.78, 5) is 0. The fraction of sp³-hybridized carbons (Fsp3) is 0.636. The van der Waals surface area contributed by atoms with E-state index < -0.39 is 0 Å². The standard InChI is InChI=1S/C22H32O2/c1-6-7-8-9-16-13-18(23)20-17-12-15(2)10-11-22(17,5)21(3,4)24-19(20)14-16/h12-14,17,23H,6-11H2,1-5H3/t17?,22-/m1/s1. The van der Waals surface area contributed by atoms with Gasteiger partial charge < -0.3 is 9.84 Å². The summed E-state index contributed by atoms with van der Waals surface area (Å²) in [6.45, 7) is 11.2. The monoisotopic (exact) mass is 328 g/mol.